The first kappa shape index (κ1) is 19.5. The molecular weight excluding hydrogens is 332 g/mol. The number of amides is 1. The number of nitrogens with one attached hydrogen (secondary N) is 2. The quantitative estimate of drug-likeness (QED) is 0.635. The van der Waals surface area contributed by atoms with Gasteiger partial charge >= 0.3 is 0 Å². The van der Waals surface area contributed by atoms with Crippen LogP contribution in [0.25, 0.3) is 0 Å². The molecule has 1 heterocycles. The molecule has 7 nitrogen and oxygen atoms in total. The molecule has 0 fully saturated rings. The molecule has 2 aromatic rings. The van der Waals surface area contributed by atoms with Crippen LogP contribution in [0.5, 0.6) is 11.5 Å². The molecule has 1 aromatic heterocycles. The minimum atomic E-state index is -0.238. The summed E-state index contributed by atoms with van der Waals surface area (Å²) in [6, 6.07) is 9.15. The summed E-state index contributed by atoms with van der Waals surface area (Å²) >= 11 is 0. The number of ether oxygens (including phenoxy) is 2. The normalized spacial score (nSPS) is 10.3. The molecule has 140 valence electrons. The number of carbonyl (C=O) groups excluding carboxylic acids is 1. The first-order valence-electron chi connectivity index (χ1n) is 8.74. The monoisotopic (exact) mass is 358 g/mol. The van der Waals surface area contributed by atoms with E-state index in [9.17, 15) is 4.79 Å². The van der Waals surface area contributed by atoms with Crippen molar-refractivity contribution < 1.29 is 14.3 Å². The highest BCUT2D eigenvalue weighted by atomic mass is 16.5. The van der Waals surface area contributed by atoms with Crippen LogP contribution in [0.15, 0.2) is 30.3 Å². The van der Waals surface area contributed by atoms with E-state index < -0.39 is 0 Å². The molecule has 0 saturated heterocycles. The zero-order valence-corrected chi connectivity index (χ0v) is 15.5. The summed E-state index contributed by atoms with van der Waals surface area (Å²) in [6.45, 7) is 3.47. The number of benzene rings is 1. The van der Waals surface area contributed by atoms with E-state index in [1.165, 1.54) is 0 Å². The number of hydrogen-bond donors (Lipinski definition) is 2. The third kappa shape index (κ3) is 5.61. The van der Waals surface area contributed by atoms with Crippen LogP contribution < -0.4 is 20.1 Å². The largest absolute Gasteiger partial charge is 0.493 e. The fourth-order valence-corrected chi connectivity index (χ4v) is 2.39. The highest BCUT2D eigenvalue weighted by Crippen LogP contribution is 2.27. The molecule has 0 atom stereocenters. The molecule has 0 unspecified atom stereocenters. The van der Waals surface area contributed by atoms with E-state index in [-0.39, 0.29) is 5.91 Å². The summed E-state index contributed by atoms with van der Waals surface area (Å²) in [4.78, 5) is 12.2. The molecule has 7 heteroatoms. The molecule has 0 aliphatic heterocycles. The van der Waals surface area contributed by atoms with Crippen LogP contribution in [-0.2, 0) is 6.42 Å². The Balaban J connectivity index is 1.83. The molecule has 26 heavy (non-hydrogen) atoms. The number of anilines is 1. The number of hydrogen-bond acceptors (Lipinski definition) is 6. The maximum absolute atomic E-state index is 12.2. The fourth-order valence-electron chi connectivity index (χ4n) is 2.39. The second-order valence-electron chi connectivity index (χ2n) is 5.78. The second-order valence-corrected chi connectivity index (χ2v) is 5.78. The van der Waals surface area contributed by atoms with Crippen molar-refractivity contribution in [1.82, 2.24) is 15.5 Å². The molecule has 1 aromatic carbocycles. The number of unbranched alkanes of at least 4 members (excludes halogenated alkanes) is 1. The van der Waals surface area contributed by atoms with Crippen molar-refractivity contribution >= 4 is 11.7 Å². The van der Waals surface area contributed by atoms with Crippen LogP contribution in [0, 0.1) is 0 Å². The fraction of sp³-hybridized carbons (Fsp3) is 0.421. The van der Waals surface area contributed by atoms with Gasteiger partial charge in [0.15, 0.2) is 17.2 Å². The Kier molecular flexibility index (Phi) is 7.67. The van der Waals surface area contributed by atoms with E-state index >= 15 is 0 Å². The van der Waals surface area contributed by atoms with Crippen LogP contribution in [0.3, 0.4) is 0 Å². The van der Waals surface area contributed by atoms with Crippen molar-refractivity contribution in [1.29, 1.82) is 0 Å². The van der Waals surface area contributed by atoms with Crippen molar-refractivity contribution in [2.45, 2.75) is 26.2 Å². The Morgan fingerprint density at radius 2 is 1.85 bits per heavy atom. The van der Waals surface area contributed by atoms with Crippen LogP contribution in [-0.4, -0.2) is 43.4 Å². The Labute approximate surface area is 154 Å². The Morgan fingerprint density at radius 1 is 1.04 bits per heavy atom. The molecule has 0 aliphatic rings. The standard InChI is InChI=1S/C19H26N4O3/c1-4-5-11-20-18-9-7-15(22-23-18)19(24)21-12-10-14-6-8-16(25-2)17(13-14)26-3/h6-9,13H,4-5,10-12H2,1-3H3,(H,20,23)(H,21,24). The molecule has 1 amide bonds. The summed E-state index contributed by atoms with van der Waals surface area (Å²) in [5.41, 5.74) is 1.35. The SMILES string of the molecule is CCCCNc1ccc(C(=O)NCCc2ccc(OC)c(OC)c2)nn1. The van der Waals surface area contributed by atoms with Crippen LogP contribution >= 0.6 is 0 Å². The van der Waals surface area contributed by atoms with Gasteiger partial charge in [-0.25, -0.2) is 0 Å². The van der Waals surface area contributed by atoms with Gasteiger partial charge in [-0.15, -0.1) is 10.2 Å². The highest BCUT2D eigenvalue weighted by Gasteiger charge is 2.09. The smallest absolute Gasteiger partial charge is 0.271 e. The van der Waals surface area contributed by atoms with Gasteiger partial charge in [-0.2, -0.15) is 0 Å². The zero-order chi connectivity index (χ0) is 18.8. The molecule has 0 aliphatic carbocycles. The van der Waals surface area contributed by atoms with E-state index in [0.717, 1.165) is 24.9 Å². The minimum Gasteiger partial charge on any atom is -0.493 e. The minimum absolute atomic E-state index is 0.238. The average molecular weight is 358 g/mol. The second kappa shape index (κ2) is 10.2. The molecule has 0 spiro atoms. The predicted octanol–water partition coefficient (Wildman–Crippen LogP) is 2.68. The van der Waals surface area contributed by atoms with Crippen molar-refractivity contribution in [2.75, 3.05) is 32.6 Å². The lowest BCUT2D eigenvalue weighted by molar-refractivity contribution is 0.0948. The average Bonchev–Trinajstić information content (AvgIpc) is 2.68. The third-order valence-electron chi connectivity index (χ3n) is 3.88. The van der Waals surface area contributed by atoms with E-state index in [2.05, 4.69) is 27.8 Å². The lowest BCUT2D eigenvalue weighted by atomic mass is 10.1. The molecule has 0 saturated carbocycles. The van der Waals surface area contributed by atoms with Gasteiger partial charge in [-0.3, -0.25) is 4.79 Å². The molecular formula is C19H26N4O3. The molecule has 2 rings (SSSR count). The summed E-state index contributed by atoms with van der Waals surface area (Å²) in [6.07, 6.45) is 2.86. The maximum Gasteiger partial charge on any atom is 0.271 e. The summed E-state index contributed by atoms with van der Waals surface area (Å²) in [5.74, 6) is 1.80. The third-order valence-corrected chi connectivity index (χ3v) is 3.88. The highest BCUT2D eigenvalue weighted by molar-refractivity contribution is 5.92. The van der Waals surface area contributed by atoms with Gasteiger partial charge < -0.3 is 20.1 Å². The molecule has 0 radical (unpaired) electrons. The summed E-state index contributed by atoms with van der Waals surface area (Å²) in [7, 11) is 3.20. The van der Waals surface area contributed by atoms with Crippen molar-refractivity contribution in [3.8, 4) is 11.5 Å². The predicted molar refractivity (Wildman–Crippen MR) is 101 cm³/mol. The number of nitrogens with zero attached hydrogens (tertiary/aromatic N) is 2. The first-order valence-corrected chi connectivity index (χ1v) is 8.74. The maximum atomic E-state index is 12.2. The Hall–Kier alpha value is -2.83. The van der Waals surface area contributed by atoms with E-state index in [0.29, 0.717) is 36.0 Å². The van der Waals surface area contributed by atoms with Crippen LogP contribution in [0.4, 0.5) is 5.82 Å². The van der Waals surface area contributed by atoms with Gasteiger partial charge in [0.05, 0.1) is 14.2 Å². The van der Waals surface area contributed by atoms with Crippen molar-refractivity contribution in [3.05, 3.63) is 41.6 Å². The van der Waals surface area contributed by atoms with E-state index in [1.807, 2.05) is 18.2 Å². The summed E-state index contributed by atoms with van der Waals surface area (Å²) < 4.78 is 10.5. The van der Waals surface area contributed by atoms with Gasteiger partial charge in [0, 0.05) is 13.1 Å². The topological polar surface area (TPSA) is 85.4 Å². The van der Waals surface area contributed by atoms with Gasteiger partial charge in [-0.05, 0) is 42.7 Å². The van der Waals surface area contributed by atoms with Crippen molar-refractivity contribution in [3.63, 3.8) is 0 Å². The molecule has 2 N–H and O–H groups in total. The Morgan fingerprint density at radius 3 is 2.50 bits per heavy atom. The number of aromatic nitrogens is 2. The lowest BCUT2D eigenvalue weighted by Gasteiger charge is -2.10. The van der Waals surface area contributed by atoms with Gasteiger partial charge in [-0.1, -0.05) is 19.4 Å². The Bertz CT molecular complexity index is 704. The van der Waals surface area contributed by atoms with Gasteiger partial charge in [0.25, 0.3) is 5.91 Å². The van der Waals surface area contributed by atoms with E-state index in [4.69, 9.17) is 9.47 Å². The van der Waals surface area contributed by atoms with Gasteiger partial charge in [0.2, 0.25) is 0 Å². The number of rotatable bonds is 10. The van der Waals surface area contributed by atoms with Crippen LogP contribution in [0.1, 0.15) is 35.8 Å². The number of methoxy groups -OCH3 is 2. The van der Waals surface area contributed by atoms with Crippen LogP contribution in [0.2, 0.25) is 0 Å². The lowest BCUT2D eigenvalue weighted by Crippen LogP contribution is -2.26. The van der Waals surface area contributed by atoms with Crippen molar-refractivity contribution in [2.24, 2.45) is 0 Å². The van der Waals surface area contributed by atoms with E-state index in [1.54, 1.807) is 26.4 Å². The van der Waals surface area contributed by atoms with Gasteiger partial charge in [0.1, 0.15) is 5.82 Å². The zero-order valence-electron chi connectivity index (χ0n) is 15.5. The first-order chi connectivity index (χ1) is 12.7. The molecule has 0 bridgehead atoms. The number of carbonyl (C=O) groups is 1. The summed E-state index contributed by atoms with van der Waals surface area (Å²) in [5, 5.41) is 14.0.